The van der Waals surface area contributed by atoms with E-state index in [4.69, 9.17) is 9.47 Å². The highest BCUT2D eigenvalue weighted by Gasteiger charge is 2.55. The van der Waals surface area contributed by atoms with Crippen molar-refractivity contribution in [3.8, 4) is 89.9 Å². The molecule has 0 radical (unpaired) electrons. The molecule has 0 saturated carbocycles. The van der Waals surface area contributed by atoms with Crippen molar-refractivity contribution in [2.45, 2.75) is 48.3 Å². The predicted molar refractivity (Wildman–Crippen MR) is 504 cm³/mol. The summed E-state index contributed by atoms with van der Waals surface area (Å²) in [5.41, 5.74) is 39.6. The SMILES string of the molecule is C1=CCC(c2ccc3c(c2)c2ccc4c(c2n3-c2ccc3c(c2)c2cc(-c5ccccc5)ccc2n3-c2ccccc2)-c2ccccc2C42C3=C(C=C(c4ccc(C5Cc6ccc(-c7ccc8c(c7)c7ccccc7n8-c7ccccc7)cc6-c6ccc7c(c65)-c5ccccc5C75c6ccccc6Oc6ccccc65)cc4)CC3)Oc3ccccc32)C=C1. The molecule has 7 aliphatic rings. The van der Waals surface area contributed by atoms with Gasteiger partial charge in [-0.2, -0.15) is 0 Å². The van der Waals surface area contributed by atoms with E-state index in [0.717, 1.165) is 65.8 Å². The fourth-order valence-electron chi connectivity index (χ4n) is 23.5. The molecule has 5 heterocycles. The van der Waals surface area contributed by atoms with Crippen LogP contribution in [0.4, 0.5) is 0 Å². The van der Waals surface area contributed by atoms with Gasteiger partial charge in [0.15, 0.2) is 0 Å². The van der Waals surface area contributed by atoms with Crippen LogP contribution in [0.3, 0.4) is 0 Å². The molecule has 0 bridgehead atoms. The zero-order valence-corrected chi connectivity index (χ0v) is 67.3. The van der Waals surface area contributed by atoms with Crippen LogP contribution in [0, 0.1) is 0 Å². The van der Waals surface area contributed by atoms with E-state index in [-0.39, 0.29) is 11.8 Å². The first-order valence-electron chi connectivity index (χ1n) is 43.4. The van der Waals surface area contributed by atoms with Crippen LogP contribution in [-0.4, -0.2) is 13.7 Å². The van der Waals surface area contributed by atoms with E-state index in [0.29, 0.717) is 0 Å². The van der Waals surface area contributed by atoms with Crippen LogP contribution < -0.4 is 9.47 Å². The maximum atomic E-state index is 7.47. The maximum absolute atomic E-state index is 7.47. The van der Waals surface area contributed by atoms with Crippen LogP contribution in [-0.2, 0) is 17.3 Å². The zero-order chi connectivity index (χ0) is 80.3. The third-order valence-corrected chi connectivity index (χ3v) is 28.6. The summed E-state index contributed by atoms with van der Waals surface area (Å²) in [6, 6.07) is 142. The number of nitrogens with zero attached hydrogens (tertiary/aromatic N) is 3. The third kappa shape index (κ3) is 9.62. The van der Waals surface area contributed by atoms with Crippen LogP contribution >= 0.6 is 0 Å². The number of allylic oxidation sites excluding steroid dienone is 7. The smallest absolute Gasteiger partial charge is 0.132 e. The van der Waals surface area contributed by atoms with E-state index < -0.39 is 10.8 Å². The normalized spacial score (nSPS) is 17.0. The fraction of sp³-hybridized carbons (Fsp3) is 0.0678. The molecule has 3 aromatic heterocycles. The molecule has 0 fully saturated rings. The number of hydrogen-bond acceptors (Lipinski definition) is 2. The van der Waals surface area contributed by atoms with Gasteiger partial charge in [0.05, 0.1) is 43.9 Å². The summed E-state index contributed by atoms with van der Waals surface area (Å²) in [5.74, 6) is 3.92. The van der Waals surface area contributed by atoms with Crippen molar-refractivity contribution in [2.24, 2.45) is 0 Å². The Balaban J connectivity index is 0.618. The van der Waals surface area contributed by atoms with E-state index in [1.165, 1.54) is 199 Å². The van der Waals surface area contributed by atoms with Gasteiger partial charge in [0.25, 0.3) is 0 Å². The van der Waals surface area contributed by atoms with Crippen molar-refractivity contribution in [2.75, 3.05) is 0 Å². The summed E-state index contributed by atoms with van der Waals surface area (Å²) in [5, 5.41) is 7.41. The number of hydrogen-bond donors (Lipinski definition) is 0. The molecule has 123 heavy (non-hydrogen) atoms. The van der Waals surface area contributed by atoms with Crippen molar-refractivity contribution >= 4 is 71.0 Å². The zero-order valence-electron chi connectivity index (χ0n) is 67.3. The largest absolute Gasteiger partial charge is 0.457 e. The number of benzene rings is 17. The molecular formula is C118H77N3O2. The molecule has 5 nitrogen and oxygen atoms in total. The third-order valence-electron chi connectivity index (χ3n) is 28.6. The van der Waals surface area contributed by atoms with Gasteiger partial charge in [-0.3, -0.25) is 0 Å². The van der Waals surface area contributed by atoms with E-state index in [9.17, 15) is 0 Å². The summed E-state index contributed by atoms with van der Waals surface area (Å²) in [6.45, 7) is 0. The number of fused-ring (bicyclic) bond motifs is 31. The molecule has 5 aliphatic carbocycles. The molecule has 576 valence electrons. The van der Waals surface area contributed by atoms with Gasteiger partial charge in [0.1, 0.15) is 23.0 Å². The first-order chi connectivity index (χ1) is 61.0. The van der Waals surface area contributed by atoms with Gasteiger partial charge in [-0.15, -0.1) is 0 Å². The van der Waals surface area contributed by atoms with Crippen molar-refractivity contribution < 1.29 is 9.47 Å². The Bertz CT molecular complexity index is 8080. The molecule has 0 saturated heterocycles. The lowest BCUT2D eigenvalue weighted by atomic mass is 9.63. The van der Waals surface area contributed by atoms with Gasteiger partial charge < -0.3 is 23.2 Å². The lowest BCUT2D eigenvalue weighted by molar-refractivity contribution is 0.390. The topological polar surface area (TPSA) is 33.2 Å². The molecule has 5 heteroatoms. The molecule has 20 aromatic rings. The summed E-state index contributed by atoms with van der Waals surface area (Å²) in [7, 11) is 0. The average molecular weight is 1570 g/mol. The highest BCUT2D eigenvalue weighted by molar-refractivity contribution is 6.18. The highest BCUT2D eigenvalue weighted by Crippen LogP contribution is 2.67. The van der Waals surface area contributed by atoms with Gasteiger partial charge >= 0.3 is 0 Å². The monoisotopic (exact) mass is 1570 g/mol. The summed E-state index contributed by atoms with van der Waals surface area (Å²) in [4.78, 5) is 0. The van der Waals surface area contributed by atoms with E-state index >= 15 is 0 Å². The van der Waals surface area contributed by atoms with Crippen LogP contribution in [0.2, 0.25) is 0 Å². The van der Waals surface area contributed by atoms with Gasteiger partial charge in [0.2, 0.25) is 0 Å². The summed E-state index contributed by atoms with van der Waals surface area (Å²) >= 11 is 0. The Labute approximate surface area is 712 Å². The Morgan fingerprint density at radius 3 is 1.53 bits per heavy atom. The second kappa shape index (κ2) is 26.1. The summed E-state index contributed by atoms with van der Waals surface area (Å²) < 4.78 is 21.9. The van der Waals surface area contributed by atoms with E-state index in [2.05, 4.69) is 420 Å². The molecular weight excluding hydrogens is 1490 g/mol. The minimum atomic E-state index is -0.668. The Morgan fingerprint density at radius 2 is 0.821 bits per heavy atom. The number of para-hydroxylation sites is 6. The number of ether oxygens (including phenoxy) is 2. The average Bonchev–Trinajstić information content (AvgIpc) is 1.51. The van der Waals surface area contributed by atoms with Crippen molar-refractivity contribution in [3.05, 3.63) is 485 Å². The van der Waals surface area contributed by atoms with Crippen molar-refractivity contribution in [3.63, 3.8) is 0 Å². The van der Waals surface area contributed by atoms with Crippen LogP contribution in [0.5, 0.6) is 17.2 Å². The first-order valence-corrected chi connectivity index (χ1v) is 43.4. The standard InChI is InChI=1S/C118H77N3O2/c1-5-25-72(26-6-1)76-53-63-108-93(66-76)87-57-60-103-115(116(87)121(108)84-55-64-107-95(71-84)94-67-77(73-27-7-2-8-28-73)52-61-106(94)120(107)83-31-11-4-12-32-83)89-35-14-17-37-97(89)118(103)100-40-20-24-44-111(100)123-112-70-80(51-58-101(112)118)74-45-47-75(48-46-74)91-69-81-50-49-78(79-54-62-105-92(68-79)85-33-15-21-41-104(85)119(105)82-29-9-3-10-30-82)65-90(81)86-56-59-102-114(113(86)91)88-34-13-16-36-96(88)117(102)98-38-18-22-42-109(98)122-110-43-23-19-39-99(110)117/h1-25,27-50,52-57,59-68,70-72,91H,26,51,58,69H2. The molecule has 0 N–H and O–H groups in total. The number of rotatable bonds is 8. The minimum Gasteiger partial charge on any atom is -0.457 e. The first kappa shape index (κ1) is 68.6. The van der Waals surface area contributed by atoms with Gasteiger partial charge in [-0.05, 0) is 252 Å². The molecule has 0 amide bonds. The predicted octanol–water partition coefficient (Wildman–Crippen LogP) is 29.6. The highest BCUT2D eigenvalue weighted by atomic mass is 16.5. The number of aromatic nitrogens is 3. The molecule has 2 spiro atoms. The van der Waals surface area contributed by atoms with E-state index in [1.54, 1.807) is 0 Å². The second-order valence-corrected chi connectivity index (χ2v) is 34.5. The summed E-state index contributed by atoms with van der Waals surface area (Å²) in [6.07, 6.45) is 14.9. The van der Waals surface area contributed by atoms with Gasteiger partial charge in [-0.25, -0.2) is 0 Å². The lowest BCUT2D eigenvalue weighted by Gasteiger charge is -2.42. The van der Waals surface area contributed by atoms with Crippen molar-refractivity contribution in [1.29, 1.82) is 0 Å². The lowest BCUT2D eigenvalue weighted by Crippen LogP contribution is -2.35. The van der Waals surface area contributed by atoms with Gasteiger partial charge in [0, 0.05) is 83.5 Å². The molecule has 2 aliphatic heterocycles. The van der Waals surface area contributed by atoms with Gasteiger partial charge in [-0.1, -0.05) is 291 Å². The molecule has 27 rings (SSSR count). The minimum absolute atomic E-state index is 0.0165. The van der Waals surface area contributed by atoms with Crippen LogP contribution in [0.25, 0.3) is 144 Å². The Kier molecular flexibility index (Phi) is 14.6. The second-order valence-electron chi connectivity index (χ2n) is 34.5. The Morgan fingerprint density at radius 1 is 0.301 bits per heavy atom. The van der Waals surface area contributed by atoms with Crippen LogP contribution in [0.1, 0.15) is 97.9 Å². The molecule has 3 atom stereocenters. The maximum Gasteiger partial charge on any atom is 0.132 e. The fourth-order valence-corrected chi connectivity index (χ4v) is 23.5. The van der Waals surface area contributed by atoms with Crippen molar-refractivity contribution in [1.82, 2.24) is 13.7 Å². The van der Waals surface area contributed by atoms with E-state index in [1.807, 2.05) is 0 Å². The molecule has 17 aromatic carbocycles. The van der Waals surface area contributed by atoms with Crippen LogP contribution in [0.15, 0.2) is 418 Å². The Hall–Kier alpha value is -15.3. The molecule has 3 unspecified atom stereocenters. The quantitative estimate of drug-likeness (QED) is 0.152.